The van der Waals surface area contributed by atoms with Crippen LogP contribution in [0.25, 0.3) is 5.78 Å². The first-order chi connectivity index (χ1) is 12.3. The maximum Gasteiger partial charge on any atom is 0.254 e. The molecule has 0 atom stereocenters. The van der Waals surface area contributed by atoms with Gasteiger partial charge in [-0.25, -0.2) is 9.97 Å². The van der Waals surface area contributed by atoms with Gasteiger partial charge in [0.2, 0.25) is 0 Å². The molecular weight excluding hydrogens is 318 g/mol. The van der Waals surface area contributed by atoms with Gasteiger partial charge in [0.25, 0.3) is 5.78 Å². The number of morpholine rings is 1. The van der Waals surface area contributed by atoms with Gasteiger partial charge in [0.15, 0.2) is 0 Å². The Morgan fingerprint density at radius 1 is 1.24 bits per heavy atom. The van der Waals surface area contributed by atoms with Crippen LogP contribution in [0.4, 0.5) is 11.6 Å². The van der Waals surface area contributed by atoms with Crippen molar-refractivity contribution in [1.82, 2.24) is 24.6 Å². The number of anilines is 2. The van der Waals surface area contributed by atoms with Crippen molar-refractivity contribution in [3.8, 4) is 0 Å². The van der Waals surface area contributed by atoms with Gasteiger partial charge >= 0.3 is 0 Å². The van der Waals surface area contributed by atoms with Crippen LogP contribution in [0.5, 0.6) is 0 Å². The van der Waals surface area contributed by atoms with E-state index in [0.29, 0.717) is 12.3 Å². The Bertz CT molecular complexity index is 857. The highest BCUT2D eigenvalue weighted by Crippen LogP contribution is 2.20. The number of nitrogens with zero attached hydrogens (tertiary/aromatic N) is 6. The molecule has 1 N–H and O–H groups in total. The predicted molar refractivity (Wildman–Crippen MR) is 94.8 cm³/mol. The molecule has 1 aliphatic heterocycles. The second kappa shape index (κ2) is 7.02. The van der Waals surface area contributed by atoms with Crippen LogP contribution in [0.2, 0.25) is 0 Å². The summed E-state index contributed by atoms with van der Waals surface area (Å²) in [6, 6.07) is 6.09. The van der Waals surface area contributed by atoms with E-state index < -0.39 is 0 Å². The van der Waals surface area contributed by atoms with Gasteiger partial charge in [-0.15, -0.1) is 0 Å². The molecule has 0 aliphatic carbocycles. The van der Waals surface area contributed by atoms with Crippen LogP contribution in [0.15, 0.2) is 30.7 Å². The lowest BCUT2D eigenvalue weighted by Gasteiger charge is -2.29. The summed E-state index contributed by atoms with van der Waals surface area (Å²) in [6.45, 7) is 5.96. The molecule has 8 heteroatoms. The maximum absolute atomic E-state index is 5.44. The minimum Gasteiger partial charge on any atom is -0.378 e. The molecule has 0 unspecified atom stereocenters. The molecule has 0 spiro atoms. The second-order valence-electron chi connectivity index (χ2n) is 5.90. The molecular formula is C17H21N7O. The molecule has 8 nitrogen and oxygen atoms in total. The molecule has 0 aromatic carbocycles. The molecule has 3 aromatic rings. The van der Waals surface area contributed by atoms with Crippen LogP contribution in [0.1, 0.15) is 18.2 Å². The number of hydrogen-bond acceptors (Lipinski definition) is 7. The third-order valence-electron chi connectivity index (χ3n) is 4.31. The van der Waals surface area contributed by atoms with Crippen LogP contribution in [0.3, 0.4) is 0 Å². The lowest BCUT2D eigenvalue weighted by molar-refractivity contribution is 0.122. The Balaban J connectivity index is 1.59. The Labute approximate surface area is 145 Å². The van der Waals surface area contributed by atoms with Crippen LogP contribution >= 0.6 is 0 Å². The summed E-state index contributed by atoms with van der Waals surface area (Å²) in [5, 5.41) is 7.72. The second-order valence-corrected chi connectivity index (χ2v) is 5.90. The SMILES string of the molecule is CCc1cc(NCc2cccnc2N2CCOCC2)n2ncnc2n1. The van der Waals surface area contributed by atoms with Crippen molar-refractivity contribution in [1.29, 1.82) is 0 Å². The highest BCUT2D eigenvalue weighted by Gasteiger charge is 2.16. The zero-order valence-electron chi connectivity index (χ0n) is 14.2. The molecule has 0 bridgehead atoms. The van der Waals surface area contributed by atoms with Crippen molar-refractivity contribution in [2.24, 2.45) is 0 Å². The van der Waals surface area contributed by atoms with Crippen molar-refractivity contribution in [2.45, 2.75) is 19.9 Å². The summed E-state index contributed by atoms with van der Waals surface area (Å²) in [4.78, 5) is 15.5. The maximum atomic E-state index is 5.44. The summed E-state index contributed by atoms with van der Waals surface area (Å²) in [7, 11) is 0. The number of aromatic nitrogens is 5. The Kier molecular flexibility index (Phi) is 4.43. The van der Waals surface area contributed by atoms with Crippen LogP contribution < -0.4 is 10.2 Å². The van der Waals surface area contributed by atoms with Gasteiger partial charge in [-0.05, 0) is 12.5 Å². The smallest absolute Gasteiger partial charge is 0.254 e. The van der Waals surface area contributed by atoms with Crippen molar-refractivity contribution in [3.63, 3.8) is 0 Å². The molecule has 130 valence electrons. The predicted octanol–water partition coefficient (Wildman–Crippen LogP) is 1.53. The molecule has 0 amide bonds. The molecule has 1 saturated heterocycles. The third-order valence-corrected chi connectivity index (χ3v) is 4.31. The minimum absolute atomic E-state index is 0.612. The van der Waals surface area contributed by atoms with E-state index in [2.05, 4.69) is 43.3 Å². The normalized spacial score (nSPS) is 14.8. The molecule has 3 aromatic heterocycles. The number of hydrogen-bond donors (Lipinski definition) is 1. The van der Waals surface area contributed by atoms with Gasteiger partial charge < -0.3 is 15.0 Å². The first-order valence-corrected chi connectivity index (χ1v) is 8.55. The molecule has 1 aliphatic rings. The molecule has 4 rings (SSSR count). The topological polar surface area (TPSA) is 80.5 Å². The fraction of sp³-hybridized carbons (Fsp3) is 0.412. The summed E-state index contributed by atoms with van der Waals surface area (Å²) in [5.74, 6) is 2.51. The van der Waals surface area contributed by atoms with E-state index in [0.717, 1.165) is 55.6 Å². The van der Waals surface area contributed by atoms with E-state index in [1.807, 2.05) is 18.3 Å². The zero-order chi connectivity index (χ0) is 17.1. The lowest BCUT2D eigenvalue weighted by atomic mass is 10.2. The Morgan fingerprint density at radius 3 is 2.96 bits per heavy atom. The first-order valence-electron chi connectivity index (χ1n) is 8.55. The van der Waals surface area contributed by atoms with Crippen LogP contribution in [-0.2, 0) is 17.7 Å². The highest BCUT2D eigenvalue weighted by molar-refractivity contribution is 5.51. The summed E-state index contributed by atoms with van der Waals surface area (Å²) < 4.78 is 7.17. The van der Waals surface area contributed by atoms with Crippen molar-refractivity contribution < 1.29 is 4.74 Å². The number of pyridine rings is 1. The number of rotatable bonds is 5. The number of nitrogens with one attached hydrogen (secondary N) is 1. The van der Waals surface area contributed by atoms with E-state index >= 15 is 0 Å². The Morgan fingerprint density at radius 2 is 2.12 bits per heavy atom. The van der Waals surface area contributed by atoms with Gasteiger partial charge in [-0.3, -0.25) is 0 Å². The number of ether oxygens (including phenoxy) is 1. The molecule has 0 saturated carbocycles. The van der Waals surface area contributed by atoms with E-state index in [-0.39, 0.29) is 0 Å². The minimum atomic E-state index is 0.612. The molecule has 1 fully saturated rings. The highest BCUT2D eigenvalue weighted by atomic mass is 16.5. The van der Waals surface area contributed by atoms with Crippen molar-refractivity contribution >= 4 is 17.4 Å². The van der Waals surface area contributed by atoms with Gasteiger partial charge in [0.05, 0.1) is 13.2 Å². The van der Waals surface area contributed by atoms with Crippen LogP contribution in [-0.4, -0.2) is 50.9 Å². The third kappa shape index (κ3) is 3.25. The largest absolute Gasteiger partial charge is 0.378 e. The monoisotopic (exact) mass is 339 g/mol. The van der Waals surface area contributed by atoms with Gasteiger partial charge in [0, 0.05) is 43.2 Å². The lowest BCUT2D eigenvalue weighted by Crippen LogP contribution is -2.37. The average molecular weight is 339 g/mol. The fourth-order valence-corrected chi connectivity index (χ4v) is 2.98. The van der Waals surface area contributed by atoms with E-state index in [1.54, 1.807) is 4.52 Å². The number of fused-ring (bicyclic) bond motifs is 1. The summed E-state index contributed by atoms with van der Waals surface area (Å²) in [5.41, 5.74) is 2.13. The van der Waals surface area contributed by atoms with Gasteiger partial charge in [-0.1, -0.05) is 13.0 Å². The fourth-order valence-electron chi connectivity index (χ4n) is 2.98. The molecule has 0 radical (unpaired) electrons. The quantitative estimate of drug-likeness (QED) is 0.755. The van der Waals surface area contributed by atoms with E-state index in [4.69, 9.17) is 4.74 Å². The van der Waals surface area contributed by atoms with Crippen LogP contribution in [0, 0.1) is 0 Å². The van der Waals surface area contributed by atoms with Gasteiger partial charge in [-0.2, -0.15) is 14.6 Å². The zero-order valence-corrected chi connectivity index (χ0v) is 14.2. The summed E-state index contributed by atoms with van der Waals surface area (Å²) >= 11 is 0. The summed E-state index contributed by atoms with van der Waals surface area (Å²) in [6.07, 6.45) is 4.21. The Hall–Kier alpha value is -2.74. The standard InChI is InChI=1S/C17H21N7O/c1-2-14-10-15(24-17(22-14)20-12-21-24)19-11-13-4-3-5-18-16(13)23-6-8-25-9-7-23/h3-5,10,12,19H,2,6-9,11H2,1H3. The average Bonchev–Trinajstić information content (AvgIpc) is 3.15. The number of aryl methyl sites for hydroxylation is 1. The molecule has 4 heterocycles. The van der Waals surface area contributed by atoms with Crippen molar-refractivity contribution in [2.75, 3.05) is 36.5 Å². The van der Waals surface area contributed by atoms with Crippen molar-refractivity contribution in [3.05, 3.63) is 42.0 Å². The first kappa shape index (κ1) is 15.8. The van der Waals surface area contributed by atoms with Gasteiger partial charge in [0.1, 0.15) is 18.0 Å². The van der Waals surface area contributed by atoms with E-state index in [1.165, 1.54) is 6.33 Å². The van der Waals surface area contributed by atoms with E-state index in [9.17, 15) is 0 Å². The molecule has 25 heavy (non-hydrogen) atoms.